The van der Waals surface area contributed by atoms with Crippen LogP contribution in [0.2, 0.25) is 0 Å². The van der Waals surface area contributed by atoms with Gasteiger partial charge in [0.2, 0.25) is 0 Å². The van der Waals surface area contributed by atoms with E-state index in [1.165, 1.54) is 18.2 Å². The second-order valence-corrected chi connectivity index (χ2v) is 6.18. The van der Waals surface area contributed by atoms with E-state index in [1.54, 1.807) is 7.05 Å². The molecule has 0 spiro atoms. The van der Waals surface area contributed by atoms with Crippen molar-refractivity contribution in [1.82, 2.24) is 5.32 Å². The highest BCUT2D eigenvalue weighted by atomic mass is 32.2. The van der Waals surface area contributed by atoms with Gasteiger partial charge in [0.25, 0.3) is 0 Å². The average Bonchev–Trinajstić information content (AvgIpc) is 2.50. The molecule has 16 heavy (non-hydrogen) atoms. The Kier molecular flexibility index (Phi) is 2.99. The Hall–Kier alpha value is -0.940. The Morgan fingerprint density at radius 3 is 2.88 bits per heavy atom. The van der Waals surface area contributed by atoms with Crippen molar-refractivity contribution in [3.63, 3.8) is 0 Å². The Bertz CT molecular complexity index is 499. The van der Waals surface area contributed by atoms with Crippen LogP contribution in [0.4, 0.5) is 4.39 Å². The van der Waals surface area contributed by atoms with E-state index in [9.17, 15) is 12.8 Å². The first kappa shape index (κ1) is 11.5. The van der Waals surface area contributed by atoms with Crippen LogP contribution < -0.4 is 5.32 Å². The molecule has 1 unspecified atom stereocenters. The summed E-state index contributed by atoms with van der Waals surface area (Å²) in [6.07, 6.45) is 0.818. The molecule has 3 nitrogen and oxygen atoms in total. The van der Waals surface area contributed by atoms with Gasteiger partial charge in [-0.15, -0.1) is 0 Å². The maximum absolute atomic E-state index is 13.4. The van der Waals surface area contributed by atoms with Crippen molar-refractivity contribution in [1.29, 1.82) is 0 Å². The third-order valence-electron chi connectivity index (χ3n) is 2.97. The van der Waals surface area contributed by atoms with Crippen LogP contribution in [0.5, 0.6) is 0 Å². The molecule has 88 valence electrons. The van der Waals surface area contributed by atoms with E-state index in [0.29, 0.717) is 24.9 Å². The minimum Gasteiger partial charge on any atom is -0.320 e. The minimum atomic E-state index is -3.32. The molecule has 0 aromatic heterocycles. The third-order valence-corrected chi connectivity index (χ3v) is 5.24. The molecule has 0 bridgehead atoms. The van der Waals surface area contributed by atoms with E-state index in [1.807, 2.05) is 0 Å². The molecule has 0 fully saturated rings. The highest BCUT2D eigenvalue weighted by Crippen LogP contribution is 2.33. The predicted octanol–water partition coefficient (Wildman–Crippen LogP) is 1.13. The van der Waals surface area contributed by atoms with E-state index < -0.39 is 20.9 Å². The SMILES string of the molecule is CNCCC1Cc2c(F)cccc2S1(=O)=O. The number of nitrogens with one attached hydrogen (secondary N) is 1. The number of benzene rings is 1. The largest absolute Gasteiger partial charge is 0.320 e. The number of sulfone groups is 1. The summed E-state index contributed by atoms with van der Waals surface area (Å²) in [7, 11) is -1.55. The fraction of sp³-hybridized carbons (Fsp3) is 0.455. The number of hydrogen-bond donors (Lipinski definition) is 1. The molecule has 0 saturated heterocycles. The molecule has 1 atom stereocenters. The summed E-state index contributed by atoms with van der Waals surface area (Å²) in [5.74, 6) is -0.409. The van der Waals surface area contributed by atoms with Gasteiger partial charge in [0, 0.05) is 5.56 Å². The van der Waals surface area contributed by atoms with E-state index >= 15 is 0 Å². The molecule has 1 aromatic rings. The Morgan fingerprint density at radius 1 is 1.50 bits per heavy atom. The van der Waals surface area contributed by atoms with Crippen molar-refractivity contribution in [2.75, 3.05) is 13.6 Å². The lowest BCUT2D eigenvalue weighted by Gasteiger charge is -2.08. The molecule has 1 aliphatic rings. The van der Waals surface area contributed by atoms with Gasteiger partial charge < -0.3 is 5.32 Å². The van der Waals surface area contributed by atoms with Gasteiger partial charge in [0.05, 0.1) is 10.1 Å². The molecule has 1 heterocycles. The monoisotopic (exact) mass is 243 g/mol. The fourth-order valence-corrected chi connectivity index (χ4v) is 4.05. The lowest BCUT2D eigenvalue weighted by molar-refractivity contribution is 0.574. The third kappa shape index (κ3) is 1.74. The van der Waals surface area contributed by atoms with Gasteiger partial charge in [-0.1, -0.05) is 6.07 Å². The van der Waals surface area contributed by atoms with Crippen LogP contribution in [0.3, 0.4) is 0 Å². The topological polar surface area (TPSA) is 46.2 Å². The summed E-state index contributed by atoms with van der Waals surface area (Å²) in [6, 6.07) is 4.26. The van der Waals surface area contributed by atoms with Gasteiger partial charge in [-0.25, -0.2) is 12.8 Å². The van der Waals surface area contributed by atoms with Gasteiger partial charge >= 0.3 is 0 Å². The van der Waals surface area contributed by atoms with E-state index in [4.69, 9.17) is 0 Å². The zero-order valence-electron chi connectivity index (χ0n) is 9.03. The lowest BCUT2D eigenvalue weighted by Crippen LogP contribution is -2.22. The van der Waals surface area contributed by atoms with Gasteiger partial charge in [-0.3, -0.25) is 0 Å². The van der Waals surface area contributed by atoms with Gasteiger partial charge in [-0.05, 0) is 38.6 Å². The maximum atomic E-state index is 13.4. The van der Waals surface area contributed by atoms with Crippen LogP contribution in [0.15, 0.2) is 23.1 Å². The molecule has 0 aliphatic carbocycles. The van der Waals surface area contributed by atoms with E-state index in [0.717, 1.165) is 0 Å². The number of rotatable bonds is 3. The Labute approximate surface area is 94.6 Å². The zero-order valence-corrected chi connectivity index (χ0v) is 9.85. The molecule has 1 aliphatic heterocycles. The Morgan fingerprint density at radius 2 is 2.25 bits per heavy atom. The van der Waals surface area contributed by atoms with E-state index in [2.05, 4.69) is 5.32 Å². The molecular formula is C11H14FNO2S. The van der Waals surface area contributed by atoms with Crippen LogP contribution >= 0.6 is 0 Å². The second kappa shape index (κ2) is 4.14. The normalized spacial score (nSPS) is 22.0. The molecule has 0 radical (unpaired) electrons. The predicted molar refractivity (Wildman–Crippen MR) is 59.6 cm³/mol. The van der Waals surface area contributed by atoms with Crippen molar-refractivity contribution < 1.29 is 12.8 Å². The van der Waals surface area contributed by atoms with Crippen molar-refractivity contribution >= 4 is 9.84 Å². The highest BCUT2D eigenvalue weighted by Gasteiger charge is 2.37. The number of fused-ring (bicyclic) bond motifs is 1. The number of halogens is 1. The molecule has 1 N–H and O–H groups in total. The van der Waals surface area contributed by atoms with Crippen molar-refractivity contribution in [3.8, 4) is 0 Å². The summed E-state index contributed by atoms with van der Waals surface area (Å²) in [4.78, 5) is 0.175. The standard InChI is InChI=1S/C11H14FNO2S/c1-13-6-5-8-7-9-10(12)3-2-4-11(9)16(8,14)15/h2-4,8,13H,5-7H2,1H3. The van der Waals surface area contributed by atoms with E-state index in [-0.39, 0.29) is 4.90 Å². The summed E-state index contributed by atoms with van der Waals surface area (Å²) >= 11 is 0. The first-order valence-electron chi connectivity index (χ1n) is 5.23. The van der Waals surface area contributed by atoms with Crippen LogP contribution in [0.25, 0.3) is 0 Å². The zero-order chi connectivity index (χ0) is 11.8. The van der Waals surface area contributed by atoms with Crippen molar-refractivity contribution in [3.05, 3.63) is 29.6 Å². The van der Waals surface area contributed by atoms with Crippen LogP contribution in [0.1, 0.15) is 12.0 Å². The molecule has 0 amide bonds. The van der Waals surface area contributed by atoms with Crippen LogP contribution in [-0.2, 0) is 16.3 Å². The van der Waals surface area contributed by atoms with Gasteiger partial charge in [-0.2, -0.15) is 0 Å². The highest BCUT2D eigenvalue weighted by molar-refractivity contribution is 7.92. The second-order valence-electron chi connectivity index (χ2n) is 3.98. The molecule has 0 saturated carbocycles. The first-order valence-corrected chi connectivity index (χ1v) is 6.78. The minimum absolute atomic E-state index is 0.175. The first-order chi connectivity index (χ1) is 7.57. The van der Waals surface area contributed by atoms with Crippen molar-refractivity contribution in [2.45, 2.75) is 23.0 Å². The smallest absolute Gasteiger partial charge is 0.181 e. The fourth-order valence-electron chi connectivity index (χ4n) is 2.08. The molecule has 5 heteroatoms. The quantitative estimate of drug-likeness (QED) is 0.865. The maximum Gasteiger partial charge on any atom is 0.181 e. The van der Waals surface area contributed by atoms with Gasteiger partial charge in [0.1, 0.15) is 5.82 Å². The van der Waals surface area contributed by atoms with Crippen molar-refractivity contribution in [2.24, 2.45) is 0 Å². The summed E-state index contributed by atoms with van der Waals surface area (Å²) in [5, 5.41) is 2.44. The Balaban J connectivity index is 2.38. The summed E-state index contributed by atoms with van der Waals surface area (Å²) < 4.78 is 37.5. The number of hydrogen-bond acceptors (Lipinski definition) is 3. The average molecular weight is 243 g/mol. The van der Waals surface area contributed by atoms with Crippen LogP contribution in [0, 0.1) is 5.82 Å². The van der Waals surface area contributed by atoms with Crippen LogP contribution in [-0.4, -0.2) is 27.3 Å². The molecule has 2 rings (SSSR count). The lowest BCUT2D eigenvalue weighted by atomic mass is 10.1. The molecular weight excluding hydrogens is 229 g/mol. The summed E-state index contributed by atoms with van der Waals surface area (Å²) in [6.45, 7) is 0.625. The molecule has 1 aromatic carbocycles. The van der Waals surface area contributed by atoms with Gasteiger partial charge in [0.15, 0.2) is 9.84 Å². The summed E-state index contributed by atoms with van der Waals surface area (Å²) in [5.41, 5.74) is 0.351.